The summed E-state index contributed by atoms with van der Waals surface area (Å²) in [4.78, 5) is 22.8. The van der Waals surface area contributed by atoms with Crippen LogP contribution in [0, 0.1) is 0 Å². The second-order valence-corrected chi connectivity index (χ2v) is 3.37. The van der Waals surface area contributed by atoms with Gasteiger partial charge in [-0.1, -0.05) is 18.7 Å². The lowest BCUT2D eigenvalue weighted by Gasteiger charge is -2.07. The molecule has 0 atom stereocenters. The van der Waals surface area contributed by atoms with Gasteiger partial charge < -0.3 is 9.84 Å². The average Bonchev–Trinajstić information content (AvgIpc) is 2.36. The number of benzene rings is 1. The normalized spacial score (nSPS) is 9.71. The Balaban J connectivity index is 2.87. The topological polar surface area (TPSA) is 63.6 Å². The van der Waals surface area contributed by atoms with Crippen molar-refractivity contribution in [2.45, 2.75) is 12.8 Å². The quantitative estimate of drug-likeness (QED) is 0.352. The number of rotatable bonds is 6. The number of carbonyl (C=O) groups excluding carboxylic acids is 2. The van der Waals surface area contributed by atoms with Crippen molar-refractivity contribution in [3.8, 4) is 5.75 Å². The number of aliphatic hydroxyl groups is 1. The highest BCUT2D eigenvalue weighted by molar-refractivity contribution is 5.99. The summed E-state index contributed by atoms with van der Waals surface area (Å²) in [5.41, 5.74) is 0.344. The molecule has 1 N–H and O–H groups in total. The van der Waals surface area contributed by atoms with Gasteiger partial charge in [0.05, 0.1) is 5.56 Å². The van der Waals surface area contributed by atoms with Crippen LogP contribution in [0.15, 0.2) is 36.9 Å². The third-order valence-electron chi connectivity index (χ3n) is 2.13. The van der Waals surface area contributed by atoms with Gasteiger partial charge in [-0.2, -0.15) is 0 Å². The maximum atomic E-state index is 11.8. The molecule has 0 aliphatic rings. The maximum absolute atomic E-state index is 11.8. The van der Waals surface area contributed by atoms with Crippen LogP contribution >= 0.6 is 0 Å². The largest absolute Gasteiger partial charge is 0.423 e. The number of ketones is 1. The summed E-state index contributed by atoms with van der Waals surface area (Å²) < 4.78 is 4.96. The monoisotopic (exact) mass is 234 g/mol. The van der Waals surface area contributed by atoms with Gasteiger partial charge in [-0.15, -0.1) is 0 Å². The second kappa shape index (κ2) is 6.60. The summed E-state index contributed by atoms with van der Waals surface area (Å²) in [5.74, 6) is -0.542. The first-order chi connectivity index (χ1) is 8.19. The van der Waals surface area contributed by atoms with Crippen LogP contribution in [0.3, 0.4) is 0 Å². The molecule has 0 saturated carbocycles. The molecular formula is C13H14O4. The number of carbonyl (C=O) groups is 2. The van der Waals surface area contributed by atoms with Crippen molar-refractivity contribution in [3.63, 3.8) is 0 Å². The van der Waals surface area contributed by atoms with Crippen molar-refractivity contribution in [1.82, 2.24) is 0 Å². The van der Waals surface area contributed by atoms with E-state index < -0.39 is 5.97 Å². The summed E-state index contributed by atoms with van der Waals surface area (Å²) in [5, 5.41) is 8.66. The minimum absolute atomic E-state index is 0.0413. The zero-order chi connectivity index (χ0) is 12.7. The molecule has 0 bridgehead atoms. The number of Topliss-reactive ketones (excluding diaryl/α,β-unsaturated/α-hetero) is 1. The van der Waals surface area contributed by atoms with E-state index in [1.165, 1.54) is 0 Å². The molecule has 17 heavy (non-hydrogen) atoms. The van der Waals surface area contributed by atoms with Crippen LogP contribution in [-0.4, -0.2) is 23.5 Å². The Hall–Kier alpha value is -1.94. The summed E-state index contributed by atoms with van der Waals surface area (Å²) >= 11 is 0. The molecule has 4 heteroatoms. The molecule has 0 aliphatic carbocycles. The molecule has 0 aromatic heterocycles. The average molecular weight is 234 g/mol. The van der Waals surface area contributed by atoms with Crippen LogP contribution in [-0.2, 0) is 4.79 Å². The molecule has 4 nitrogen and oxygen atoms in total. The molecule has 1 rings (SSSR count). The third-order valence-corrected chi connectivity index (χ3v) is 2.13. The fourth-order valence-corrected chi connectivity index (χ4v) is 1.31. The van der Waals surface area contributed by atoms with Gasteiger partial charge in [-0.05, 0) is 18.6 Å². The van der Waals surface area contributed by atoms with Gasteiger partial charge in [0.2, 0.25) is 0 Å². The molecule has 0 amide bonds. The zero-order valence-electron chi connectivity index (χ0n) is 9.39. The van der Waals surface area contributed by atoms with E-state index in [2.05, 4.69) is 6.58 Å². The number of ether oxygens (including phenoxy) is 1. The van der Waals surface area contributed by atoms with Gasteiger partial charge in [0.1, 0.15) is 5.75 Å². The van der Waals surface area contributed by atoms with Crippen LogP contribution < -0.4 is 4.74 Å². The van der Waals surface area contributed by atoms with E-state index in [-0.39, 0.29) is 24.6 Å². The molecule has 0 spiro atoms. The standard InChI is InChI=1S/C13H14O4/c1-2-13(16)17-12-8-4-3-6-10(12)11(15)7-5-9-14/h2-4,6,8,14H,1,5,7,9H2. The predicted octanol–water partition coefficient (Wildman–Crippen LogP) is 1.73. The minimum atomic E-state index is -0.604. The van der Waals surface area contributed by atoms with E-state index in [4.69, 9.17) is 9.84 Å². The highest BCUT2D eigenvalue weighted by Crippen LogP contribution is 2.20. The van der Waals surface area contributed by atoms with Crippen LogP contribution in [0.1, 0.15) is 23.2 Å². The van der Waals surface area contributed by atoms with Gasteiger partial charge in [-0.3, -0.25) is 4.79 Å². The first kappa shape index (κ1) is 13.1. The van der Waals surface area contributed by atoms with Crippen LogP contribution in [0.2, 0.25) is 0 Å². The third kappa shape index (κ3) is 3.85. The van der Waals surface area contributed by atoms with Gasteiger partial charge in [0.15, 0.2) is 5.78 Å². The Kier molecular flexibility index (Phi) is 5.10. The number of hydrogen-bond acceptors (Lipinski definition) is 4. The fourth-order valence-electron chi connectivity index (χ4n) is 1.31. The first-order valence-electron chi connectivity index (χ1n) is 5.26. The lowest BCUT2D eigenvalue weighted by molar-refractivity contribution is -0.128. The Morgan fingerprint density at radius 1 is 1.35 bits per heavy atom. The van der Waals surface area contributed by atoms with Crippen molar-refractivity contribution in [1.29, 1.82) is 0 Å². The van der Waals surface area contributed by atoms with Gasteiger partial charge in [0, 0.05) is 19.1 Å². The molecular weight excluding hydrogens is 220 g/mol. The Morgan fingerprint density at radius 3 is 2.71 bits per heavy atom. The molecule has 0 aliphatic heterocycles. The van der Waals surface area contributed by atoms with Crippen molar-refractivity contribution < 1.29 is 19.4 Å². The fraction of sp³-hybridized carbons (Fsp3) is 0.231. The summed E-state index contributed by atoms with van der Waals surface area (Å²) in [7, 11) is 0. The van der Waals surface area contributed by atoms with E-state index in [1.807, 2.05) is 0 Å². The maximum Gasteiger partial charge on any atom is 0.335 e. The molecule has 0 radical (unpaired) electrons. The number of hydrogen-bond donors (Lipinski definition) is 1. The van der Waals surface area contributed by atoms with Crippen LogP contribution in [0.25, 0.3) is 0 Å². The van der Waals surface area contributed by atoms with E-state index in [0.717, 1.165) is 6.08 Å². The summed E-state index contributed by atoms with van der Waals surface area (Å²) in [6.07, 6.45) is 1.65. The lowest BCUT2D eigenvalue weighted by atomic mass is 10.1. The van der Waals surface area contributed by atoms with Crippen molar-refractivity contribution in [3.05, 3.63) is 42.5 Å². The molecule has 0 saturated heterocycles. The van der Waals surface area contributed by atoms with Gasteiger partial charge >= 0.3 is 5.97 Å². The number of aliphatic hydroxyl groups excluding tert-OH is 1. The van der Waals surface area contributed by atoms with Crippen LogP contribution in [0.4, 0.5) is 0 Å². The Bertz CT molecular complexity index is 423. The zero-order valence-corrected chi connectivity index (χ0v) is 9.39. The number of esters is 1. The first-order valence-corrected chi connectivity index (χ1v) is 5.26. The highest BCUT2D eigenvalue weighted by Gasteiger charge is 2.13. The minimum Gasteiger partial charge on any atom is -0.423 e. The predicted molar refractivity (Wildman–Crippen MR) is 62.9 cm³/mol. The molecule has 90 valence electrons. The Morgan fingerprint density at radius 2 is 2.06 bits per heavy atom. The Labute approximate surface area is 99.5 Å². The molecule has 0 unspecified atom stereocenters. The van der Waals surface area contributed by atoms with Crippen molar-refractivity contribution >= 4 is 11.8 Å². The van der Waals surface area contributed by atoms with E-state index >= 15 is 0 Å². The van der Waals surface area contributed by atoms with Crippen molar-refractivity contribution in [2.24, 2.45) is 0 Å². The SMILES string of the molecule is C=CC(=O)Oc1ccccc1C(=O)CCCO. The van der Waals surface area contributed by atoms with E-state index in [9.17, 15) is 9.59 Å². The number of para-hydroxylation sites is 1. The highest BCUT2D eigenvalue weighted by atomic mass is 16.5. The summed E-state index contributed by atoms with van der Waals surface area (Å²) in [6.45, 7) is 3.25. The smallest absolute Gasteiger partial charge is 0.335 e. The lowest BCUT2D eigenvalue weighted by Crippen LogP contribution is -2.08. The van der Waals surface area contributed by atoms with Crippen LogP contribution in [0.5, 0.6) is 5.75 Å². The van der Waals surface area contributed by atoms with Gasteiger partial charge in [0.25, 0.3) is 0 Å². The van der Waals surface area contributed by atoms with E-state index in [0.29, 0.717) is 12.0 Å². The summed E-state index contributed by atoms with van der Waals surface area (Å²) in [6, 6.07) is 6.50. The molecule has 1 aromatic carbocycles. The molecule has 1 aromatic rings. The van der Waals surface area contributed by atoms with Crippen molar-refractivity contribution in [2.75, 3.05) is 6.61 Å². The second-order valence-electron chi connectivity index (χ2n) is 3.37. The molecule has 0 fully saturated rings. The van der Waals surface area contributed by atoms with Gasteiger partial charge in [-0.25, -0.2) is 4.79 Å². The molecule has 0 heterocycles. The van der Waals surface area contributed by atoms with E-state index in [1.54, 1.807) is 24.3 Å².